The van der Waals surface area contributed by atoms with Gasteiger partial charge >= 0.3 is 0 Å². The summed E-state index contributed by atoms with van der Waals surface area (Å²) in [4.78, 5) is 17.4. The summed E-state index contributed by atoms with van der Waals surface area (Å²) in [6.07, 6.45) is 0.671. The summed E-state index contributed by atoms with van der Waals surface area (Å²) in [5.74, 6) is 0.814. The van der Waals surface area contributed by atoms with Gasteiger partial charge in [0.25, 0.3) is 5.91 Å². The van der Waals surface area contributed by atoms with Crippen LogP contribution in [0.3, 0.4) is 0 Å². The van der Waals surface area contributed by atoms with Crippen molar-refractivity contribution in [3.63, 3.8) is 0 Å². The SMILES string of the molecule is COc1cc(/C=N\O[C@@H](C)C(=O)Nc2ccccc2C#N)ccc1OC(C)C. The number of methoxy groups -OCH3 is 1. The zero-order valence-corrected chi connectivity index (χ0v) is 16.3. The highest BCUT2D eigenvalue weighted by atomic mass is 16.6. The molecule has 1 atom stereocenters. The highest BCUT2D eigenvalue weighted by Crippen LogP contribution is 2.28. The molecule has 1 amide bonds. The Labute approximate surface area is 164 Å². The van der Waals surface area contributed by atoms with Gasteiger partial charge in [0.2, 0.25) is 6.10 Å². The van der Waals surface area contributed by atoms with E-state index < -0.39 is 12.0 Å². The molecule has 2 rings (SSSR count). The van der Waals surface area contributed by atoms with E-state index in [4.69, 9.17) is 19.6 Å². The minimum atomic E-state index is -0.839. The Morgan fingerprint density at radius 1 is 1.18 bits per heavy atom. The molecule has 0 aliphatic rings. The molecule has 1 N–H and O–H groups in total. The maximum atomic E-state index is 12.2. The first kappa shape index (κ1) is 20.8. The van der Waals surface area contributed by atoms with Crippen LogP contribution in [0.1, 0.15) is 31.9 Å². The number of carbonyl (C=O) groups is 1. The molecule has 0 fully saturated rings. The van der Waals surface area contributed by atoms with E-state index in [1.165, 1.54) is 6.21 Å². The van der Waals surface area contributed by atoms with E-state index in [0.29, 0.717) is 22.7 Å². The van der Waals surface area contributed by atoms with Crippen molar-refractivity contribution in [2.24, 2.45) is 5.16 Å². The molecule has 2 aromatic rings. The van der Waals surface area contributed by atoms with Gasteiger partial charge in [-0.3, -0.25) is 4.79 Å². The summed E-state index contributed by atoms with van der Waals surface area (Å²) in [5, 5.41) is 15.6. The molecular weight excluding hydrogens is 358 g/mol. The van der Waals surface area contributed by atoms with Crippen molar-refractivity contribution in [3.8, 4) is 17.6 Å². The van der Waals surface area contributed by atoms with Gasteiger partial charge in [-0.15, -0.1) is 0 Å². The molecule has 0 aromatic heterocycles. The van der Waals surface area contributed by atoms with Crippen molar-refractivity contribution in [1.82, 2.24) is 0 Å². The fraction of sp³-hybridized carbons (Fsp3) is 0.286. The van der Waals surface area contributed by atoms with Gasteiger partial charge in [0.15, 0.2) is 11.5 Å². The lowest BCUT2D eigenvalue weighted by atomic mass is 10.2. The third-order valence-corrected chi connectivity index (χ3v) is 3.65. The van der Waals surface area contributed by atoms with Crippen LogP contribution in [0.4, 0.5) is 5.69 Å². The summed E-state index contributed by atoms with van der Waals surface area (Å²) in [5.41, 5.74) is 1.54. The molecule has 0 unspecified atom stereocenters. The maximum absolute atomic E-state index is 12.2. The number of nitrogens with zero attached hydrogens (tertiary/aromatic N) is 2. The first-order valence-electron chi connectivity index (χ1n) is 8.78. The van der Waals surface area contributed by atoms with Crippen molar-refractivity contribution < 1.29 is 19.1 Å². The second-order valence-corrected chi connectivity index (χ2v) is 6.21. The summed E-state index contributed by atoms with van der Waals surface area (Å²) in [6.45, 7) is 5.44. The number of rotatable bonds is 8. The predicted molar refractivity (Wildman–Crippen MR) is 107 cm³/mol. The van der Waals surface area contributed by atoms with Gasteiger partial charge in [0.1, 0.15) is 6.07 Å². The third-order valence-electron chi connectivity index (χ3n) is 3.65. The molecule has 146 valence electrons. The molecule has 7 nitrogen and oxygen atoms in total. The number of oxime groups is 1. The lowest BCUT2D eigenvalue weighted by molar-refractivity contribution is -0.126. The third kappa shape index (κ3) is 5.74. The van der Waals surface area contributed by atoms with Crippen LogP contribution >= 0.6 is 0 Å². The van der Waals surface area contributed by atoms with E-state index in [1.807, 2.05) is 19.9 Å². The molecule has 0 saturated carbocycles. The number of para-hydroxylation sites is 1. The summed E-state index contributed by atoms with van der Waals surface area (Å²) in [7, 11) is 1.56. The molecular formula is C21H23N3O4. The van der Waals surface area contributed by atoms with Gasteiger partial charge in [-0.1, -0.05) is 17.3 Å². The Morgan fingerprint density at radius 2 is 1.93 bits per heavy atom. The summed E-state index contributed by atoms with van der Waals surface area (Å²) in [6, 6.07) is 14.1. The smallest absolute Gasteiger partial charge is 0.268 e. The normalized spacial score (nSPS) is 11.7. The number of benzene rings is 2. The van der Waals surface area contributed by atoms with E-state index in [-0.39, 0.29) is 6.10 Å². The average molecular weight is 381 g/mol. The van der Waals surface area contributed by atoms with E-state index in [0.717, 1.165) is 5.56 Å². The topological polar surface area (TPSA) is 92.9 Å². The average Bonchev–Trinajstić information content (AvgIpc) is 2.68. The zero-order valence-electron chi connectivity index (χ0n) is 16.3. The molecule has 0 aliphatic heterocycles. The Balaban J connectivity index is 1.98. The Hall–Kier alpha value is -3.53. The van der Waals surface area contributed by atoms with E-state index >= 15 is 0 Å². The van der Waals surface area contributed by atoms with Crippen molar-refractivity contribution in [2.45, 2.75) is 33.0 Å². The van der Waals surface area contributed by atoms with Crippen LogP contribution in [-0.4, -0.2) is 31.4 Å². The number of anilines is 1. The standard InChI is InChI=1S/C21H23N3O4/c1-14(2)27-19-10-9-16(11-20(19)26-4)13-23-28-15(3)21(25)24-18-8-6-5-7-17(18)12-22/h5-11,13-15H,1-4H3,(H,24,25)/b23-13-/t15-/m0/s1. The van der Waals surface area contributed by atoms with Gasteiger partial charge in [-0.2, -0.15) is 5.26 Å². The molecule has 0 aliphatic carbocycles. The number of nitriles is 1. The number of nitrogens with one attached hydrogen (secondary N) is 1. The van der Waals surface area contributed by atoms with Crippen LogP contribution in [0.15, 0.2) is 47.6 Å². The number of hydrogen-bond acceptors (Lipinski definition) is 6. The van der Waals surface area contributed by atoms with Crippen LogP contribution < -0.4 is 14.8 Å². The number of hydrogen-bond donors (Lipinski definition) is 1. The molecule has 0 spiro atoms. The van der Waals surface area contributed by atoms with Gasteiger partial charge in [-0.05, 0) is 51.1 Å². The number of carbonyl (C=O) groups excluding carboxylic acids is 1. The lowest BCUT2D eigenvalue weighted by Gasteiger charge is -2.13. The molecule has 7 heteroatoms. The predicted octanol–water partition coefficient (Wildman–Crippen LogP) is 3.73. The second kappa shape index (κ2) is 9.97. The first-order valence-corrected chi connectivity index (χ1v) is 8.78. The maximum Gasteiger partial charge on any atom is 0.268 e. The fourth-order valence-corrected chi connectivity index (χ4v) is 2.27. The van der Waals surface area contributed by atoms with Gasteiger partial charge in [0.05, 0.1) is 30.7 Å². The highest BCUT2D eigenvalue weighted by molar-refractivity contribution is 5.95. The number of ether oxygens (including phenoxy) is 2. The Kier molecular flexibility index (Phi) is 7.40. The van der Waals surface area contributed by atoms with Crippen molar-refractivity contribution >= 4 is 17.8 Å². The van der Waals surface area contributed by atoms with E-state index in [9.17, 15) is 4.79 Å². The first-order chi connectivity index (χ1) is 13.4. The molecule has 2 aromatic carbocycles. The minimum Gasteiger partial charge on any atom is -0.493 e. The summed E-state index contributed by atoms with van der Waals surface area (Å²) < 4.78 is 11.0. The van der Waals surface area contributed by atoms with Crippen molar-refractivity contribution in [1.29, 1.82) is 5.26 Å². The Bertz CT molecular complexity index is 887. The molecule has 28 heavy (non-hydrogen) atoms. The minimum absolute atomic E-state index is 0.0299. The highest BCUT2D eigenvalue weighted by Gasteiger charge is 2.15. The quantitative estimate of drug-likeness (QED) is 0.555. The Morgan fingerprint density at radius 3 is 2.61 bits per heavy atom. The van der Waals surface area contributed by atoms with Gasteiger partial charge in [0, 0.05) is 5.56 Å². The largest absolute Gasteiger partial charge is 0.493 e. The lowest BCUT2D eigenvalue weighted by Crippen LogP contribution is -2.26. The van der Waals surface area contributed by atoms with Gasteiger partial charge in [-0.25, -0.2) is 0 Å². The van der Waals surface area contributed by atoms with Crippen LogP contribution in [0.5, 0.6) is 11.5 Å². The van der Waals surface area contributed by atoms with Crippen molar-refractivity contribution in [3.05, 3.63) is 53.6 Å². The second-order valence-electron chi connectivity index (χ2n) is 6.21. The monoisotopic (exact) mass is 381 g/mol. The van der Waals surface area contributed by atoms with Crippen LogP contribution in [-0.2, 0) is 9.63 Å². The van der Waals surface area contributed by atoms with Crippen LogP contribution in [0.2, 0.25) is 0 Å². The summed E-state index contributed by atoms with van der Waals surface area (Å²) >= 11 is 0. The van der Waals surface area contributed by atoms with E-state index in [2.05, 4.69) is 10.5 Å². The fourth-order valence-electron chi connectivity index (χ4n) is 2.27. The van der Waals surface area contributed by atoms with Crippen LogP contribution in [0, 0.1) is 11.3 Å². The van der Waals surface area contributed by atoms with Crippen LogP contribution in [0.25, 0.3) is 0 Å². The molecule has 0 saturated heterocycles. The van der Waals surface area contributed by atoms with Gasteiger partial charge < -0.3 is 19.6 Å². The van der Waals surface area contributed by atoms with E-state index in [1.54, 1.807) is 56.5 Å². The zero-order chi connectivity index (χ0) is 20.5. The molecule has 0 heterocycles. The number of amides is 1. The molecule has 0 bridgehead atoms. The molecule has 0 radical (unpaired) electrons. The van der Waals surface area contributed by atoms with Crippen molar-refractivity contribution in [2.75, 3.05) is 12.4 Å².